The summed E-state index contributed by atoms with van der Waals surface area (Å²) < 4.78 is 1.88. The summed E-state index contributed by atoms with van der Waals surface area (Å²) in [5, 5.41) is 3.52. The van der Waals surface area contributed by atoms with Gasteiger partial charge in [-0.3, -0.25) is 0 Å². The van der Waals surface area contributed by atoms with Crippen LogP contribution in [-0.2, 0) is 6.54 Å². The molecule has 3 rings (SSSR count). The fourth-order valence-electron chi connectivity index (χ4n) is 3.73. The Kier molecular flexibility index (Phi) is 6.35. The number of rotatable bonds is 5. The van der Waals surface area contributed by atoms with E-state index in [1.54, 1.807) is 6.33 Å². The van der Waals surface area contributed by atoms with Gasteiger partial charge in [0.1, 0.15) is 0 Å². The minimum Gasteiger partial charge on any atom is -0.365 e. The summed E-state index contributed by atoms with van der Waals surface area (Å²) >= 11 is 0. The molecule has 2 heterocycles. The summed E-state index contributed by atoms with van der Waals surface area (Å²) in [5.41, 5.74) is 1.51. The van der Waals surface area contributed by atoms with Crippen LogP contribution in [0.2, 0.25) is 0 Å². The Morgan fingerprint density at radius 3 is 2.81 bits per heavy atom. The molecule has 27 heavy (non-hydrogen) atoms. The predicted molar refractivity (Wildman–Crippen MR) is 110 cm³/mol. The van der Waals surface area contributed by atoms with E-state index >= 15 is 0 Å². The Morgan fingerprint density at radius 1 is 1.30 bits per heavy atom. The molecule has 2 aromatic heterocycles. The number of hydrogen-bond donors (Lipinski definition) is 1. The lowest BCUT2D eigenvalue weighted by Crippen LogP contribution is -2.18. The summed E-state index contributed by atoms with van der Waals surface area (Å²) in [5.74, 6) is 11.8. The number of fused-ring (bicyclic) bond motifs is 1. The molecular weight excluding hydrogens is 334 g/mol. The Bertz CT molecular complexity index is 876. The van der Waals surface area contributed by atoms with Gasteiger partial charge in [0, 0.05) is 12.0 Å². The van der Waals surface area contributed by atoms with Crippen LogP contribution < -0.4 is 5.32 Å². The summed E-state index contributed by atoms with van der Waals surface area (Å²) in [6, 6.07) is 0.348. The molecule has 142 valence electrons. The van der Waals surface area contributed by atoms with Gasteiger partial charge in [0.2, 0.25) is 5.82 Å². The molecule has 1 fully saturated rings. The molecule has 2 aromatic rings. The van der Waals surface area contributed by atoms with Crippen molar-refractivity contribution in [1.82, 2.24) is 19.5 Å². The average Bonchev–Trinajstić information content (AvgIpc) is 3.08. The largest absolute Gasteiger partial charge is 0.365 e. The molecule has 1 aliphatic carbocycles. The molecule has 0 amide bonds. The first-order chi connectivity index (χ1) is 13.1. The lowest BCUT2D eigenvalue weighted by molar-refractivity contribution is 0.333. The van der Waals surface area contributed by atoms with Crippen molar-refractivity contribution in [3.05, 3.63) is 12.2 Å². The Balaban J connectivity index is 1.97. The van der Waals surface area contributed by atoms with Crippen molar-refractivity contribution in [1.29, 1.82) is 0 Å². The number of terminal acetylenes is 1. The van der Waals surface area contributed by atoms with Crippen molar-refractivity contribution in [2.45, 2.75) is 71.9 Å². The highest BCUT2D eigenvalue weighted by molar-refractivity contribution is 5.83. The number of anilines is 1. The second kappa shape index (κ2) is 8.91. The van der Waals surface area contributed by atoms with Crippen LogP contribution in [0.3, 0.4) is 0 Å². The minimum atomic E-state index is 0.348. The van der Waals surface area contributed by atoms with E-state index in [9.17, 15) is 0 Å². The maximum absolute atomic E-state index is 5.49. The highest BCUT2D eigenvalue weighted by Gasteiger charge is 2.18. The van der Waals surface area contributed by atoms with Crippen LogP contribution in [0.1, 0.15) is 65.1 Å². The lowest BCUT2D eigenvalue weighted by Gasteiger charge is -2.22. The van der Waals surface area contributed by atoms with Gasteiger partial charge in [0.15, 0.2) is 17.0 Å². The number of nitrogens with one attached hydrogen (secondary N) is 1. The highest BCUT2D eigenvalue weighted by Crippen LogP contribution is 2.28. The van der Waals surface area contributed by atoms with E-state index in [1.165, 1.54) is 25.7 Å². The van der Waals surface area contributed by atoms with Crippen LogP contribution >= 0.6 is 0 Å². The zero-order valence-electron chi connectivity index (χ0n) is 16.6. The number of nitrogens with zero attached hydrogens (tertiary/aromatic N) is 4. The molecule has 0 saturated heterocycles. The summed E-state index contributed by atoms with van der Waals surface area (Å²) in [7, 11) is 0. The minimum absolute atomic E-state index is 0.348. The van der Waals surface area contributed by atoms with Gasteiger partial charge in [0.05, 0.1) is 12.9 Å². The zero-order chi connectivity index (χ0) is 19.2. The molecule has 0 bridgehead atoms. The third-order valence-electron chi connectivity index (χ3n) is 5.38. The van der Waals surface area contributed by atoms with Crippen molar-refractivity contribution >= 4 is 17.0 Å². The van der Waals surface area contributed by atoms with Gasteiger partial charge < -0.3 is 9.88 Å². The summed E-state index contributed by atoms with van der Waals surface area (Å²) in [6.45, 7) is 7.08. The summed E-state index contributed by atoms with van der Waals surface area (Å²) in [6.07, 6.45) is 14.2. The standard InChI is InChI=1S/C22H29N5/c1-5-13-27-15-23-20-21(24-18(6-2)7-3)25-19(26-22(20)27)12-11-17-10-8-9-16(4)14-17/h1,15-18H,6-10,13-14H2,2-4H3,(H,24,25,26)/t16-,17?/m1/s1. The molecule has 5 nitrogen and oxygen atoms in total. The number of aromatic nitrogens is 4. The van der Waals surface area contributed by atoms with Gasteiger partial charge in [-0.25, -0.2) is 15.0 Å². The smallest absolute Gasteiger partial charge is 0.208 e. The van der Waals surface area contributed by atoms with Crippen molar-refractivity contribution in [2.75, 3.05) is 5.32 Å². The molecule has 0 spiro atoms. The quantitative estimate of drug-likeness (QED) is 0.808. The van der Waals surface area contributed by atoms with Crippen LogP contribution in [0.4, 0.5) is 5.82 Å². The van der Waals surface area contributed by atoms with Gasteiger partial charge in [0.25, 0.3) is 0 Å². The van der Waals surface area contributed by atoms with E-state index in [0.29, 0.717) is 24.3 Å². The van der Waals surface area contributed by atoms with E-state index in [2.05, 4.69) is 53.8 Å². The molecule has 1 N–H and O–H groups in total. The van der Waals surface area contributed by atoms with Crippen molar-refractivity contribution in [3.63, 3.8) is 0 Å². The number of hydrogen-bond acceptors (Lipinski definition) is 4. The van der Waals surface area contributed by atoms with Gasteiger partial charge >= 0.3 is 0 Å². The molecular formula is C22H29N5. The fourth-order valence-corrected chi connectivity index (χ4v) is 3.73. The predicted octanol–water partition coefficient (Wildman–Crippen LogP) is 4.24. The molecule has 1 aliphatic rings. The lowest BCUT2D eigenvalue weighted by atomic mass is 9.83. The molecule has 0 aromatic carbocycles. The van der Waals surface area contributed by atoms with Gasteiger partial charge in [-0.2, -0.15) is 0 Å². The van der Waals surface area contributed by atoms with Crippen LogP contribution in [0.25, 0.3) is 11.2 Å². The third-order valence-corrected chi connectivity index (χ3v) is 5.38. The Hall–Kier alpha value is -2.53. The molecule has 0 radical (unpaired) electrons. The van der Waals surface area contributed by atoms with Gasteiger partial charge in [-0.1, -0.05) is 45.5 Å². The first kappa shape index (κ1) is 19.2. The SMILES string of the molecule is C#CCn1cnc2c(NC(CC)CC)nc(C#CC3CCC[C@@H](C)C3)nc21. The van der Waals surface area contributed by atoms with E-state index in [1.807, 2.05) is 4.57 Å². The van der Waals surface area contributed by atoms with E-state index in [-0.39, 0.29) is 0 Å². The molecule has 1 unspecified atom stereocenters. The molecule has 2 atom stereocenters. The normalized spacial score (nSPS) is 19.5. The number of imidazole rings is 1. The topological polar surface area (TPSA) is 55.6 Å². The van der Waals surface area contributed by atoms with E-state index in [4.69, 9.17) is 11.4 Å². The maximum Gasteiger partial charge on any atom is 0.208 e. The fraction of sp³-hybridized carbons (Fsp3) is 0.591. The van der Waals surface area contributed by atoms with Gasteiger partial charge in [-0.05, 0) is 37.5 Å². The Morgan fingerprint density at radius 2 is 2.11 bits per heavy atom. The average molecular weight is 364 g/mol. The first-order valence-electron chi connectivity index (χ1n) is 10.1. The van der Waals surface area contributed by atoms with E-state index in [0.717, 1.165) is 35.7 Å². The van der Waals surface area contributed by atoms with Crippen molar-refractivity contribution in [2.24, 2.45) is 11.8 Å². The van der Waals surface area contributed by atoms with Gasteiger partial charge in [-0.15, -0.1) is 6.42 Å². The van der Waals surface area contributed by atoms with Crippen molar-refractivity contribution in [3.8, 4) is 24.2 Å². The van der Waals surface area contributed by atoms with Crippen LogP contribution in [-0.4, -0.2) is 25.6 Å². The summed E-state index contributed by atoms with van der Waals surface area (Å²) in [4.78, 5) is 13.8. The first-order valence-corrected chi connectivity index (χ1v) is 10.1. The molecule has 5 heteroatoms. The molecule has 0 aliphatic heterocycles. The zero-order valence-corrected chi connectivity index (χ0v) is 16.6. The third kappa shape index (κ3) is 4.61. The van der Waals surface area contributed by atoms with Crippen LogP contribution in [0, 0.1) is 36.0 Å². The monoisotopic (exact) mass is 363 g/mol. The van der Waals surface area contributed by atoms with Crippen molar-refractivity contribution < 1.29 is 0 Å². The van der Waals surface area contributed by atoms with Crippen LogP contribution in [0.5, 0.6) is 0 Å². The second-order valence-corrected chi connectivity index (χ2v) is 7.54. The van der Waals surface area contributed by atoms with E-state index < -0.39 is 0 Å². The maximum atomic E-state index is 5.49. The second-order valence-electron chi connectivity index (χ2n) is 7.54. The van der Waals surface area contributed by atoms with Crippen LogP contribution in [0.15, 0.2) is 6.33 Å². The Labute approximate surface area is 162 Å². The highest BCUT2D eigenvalue weighted by atomic mass is 15.2. The molecule has 1 saturated carbocycles.